The van der Waals surface area contributed by atoms with Crippen LogP contribution in [0.25, 0.3) is 0 Å². The molecule has 2 nitrogen and oxygen atoms in total. The van der Waals surface area contributed by atoms with Crippen LogP contribution in [-0.2, 0) is 0 Å². The summed E-state index contributed by atoms with van der Waals surface area (Å²) in [6.45, 7) is 4.61. The Morgan fingerprint density at radius 2 is 2.00 bits per heavy atom. The molecule has 0 bridgehead atoms. The second-order valence-corrected chi connectivity index (χ2v) is 4.86. The minimum atomic E-state index is -0.146. The molecule has 0 N–H and O–H groups in total. The first kappa shape index (κ1) is 8.96. The van der Waals surface area contributed by atoms with Crippen LogP contribution >= 0.6 is 0 Å². The number of benzene rings is 1. The van der Waals surface area contributed by atoms with E-state index in [1.54, 1.807) is 0 Å². The Kier molecular flexibility index (Phi) is 1.57. The summed E-state index contributed by atoms with van der Waals surface area (Å²) in [5, 5.41) is 0. The molecule has 1 aliphatic heterocycles. The van der Waals surface area contributed by atoms with Gasteiger partial charge in [-0.1, -0.05) is 6.07 Å². The van der Waals surface area contributed by atoms with Crippen molar-refractivity contribution in [2.24, 2.45) is 5.41 Å². The van der Waals surface area contributed by atoms with Crippen molar-refractivity contribution in [1.82, 2.24) is 0 Å². The van der Waals surface area contributed by atoms with Crippen molar-refractivity contribution in [3.05, 3.63) is 28.8 Å². The lowest BCUT2D eigenvalue weighted by molar-refractivity contribution is 0.0797. The summed E-state index contributed by atoms with van der Waals surface area (Å²) in [5.74, 6) is 1.11. The van der Waals surface area contributed by atoms with Crippen LogP contribution in [-0.4, -0.2) is 12.4 Å². The number of Topliss-reactive ketones (excluding diaryl/α,β-unsaturated/α-hetero) is 1. The van der Waals surface area contributed by atoms with Crippen LogP contribution in [0.4, 0.5) is 0 Å². The van der Waals surface area contributed by atoms with Gasteiger partial charge in [0, 0.05) is 0 Å². The van der Waals surface area contributed by atoms with E-state index in [0.29, 0.717) is 12.4 Å². The number of fused-ring (bicyclic) bond motifs is 1. The number of hydrogen-bond donors (Lipinski definition) is 0. The normalized spacial score (nSPS) is 21.1. The van der Waals surface area contributed by atoms with Crippen LogP contribution < -0.4 is 4.74 Å². The molecule has 0 amide bonds. The van der Waals surface area contributed by atoms with Gasteiger partial charge in [0.15, 0.2) is 5.78 Å². The Bertz CT molecular complexity index is 456. The van der Waals surface area contributed by atoms with E-state index in [1.165, 1.54) is 0 Å². The van der Waals surface area contributed by atoms with Crippen molar-refractivity contribution in [1.29, 1.82) is 0 Å². The molecule has 1 fully saturated rings. The Morgan fingerprint density at radius 1 is 1.27 bits per heavy atom. The molecule has 78 valence electrons. The van der Waals surface area contributed by atoms with Gasteiger partial charge in [-0.2, -0.15) is 0 Å². The van der Waals surface area contributed by atoms with Crippen LogP contribution in [0.3, 0.4) is 0 Å². The van der Waals surface area contributed by atoms with Gasteiger partial charge >= 0.3 is 0 Å². The molecule has 2 aliphatic rings. The molecule has 1 spiro atoms. The van der Waals surface area contributed by atoms with Crippen molar-refractivity contribution < 1.29 is 9.53 Å². The molecule has 1 saturated carbocycles. The predicted octanol–water partition coefficient (Wildman–Crippen LogP) is 2.66. The summed E-state index contributed by atoms with van der Waals surface area (Å²) in [6.07, 6.45) is 2.00. The molecule has 15 heavy (non-hydrogen) atoms. The fraction of sp³-hybridized carbons (Fsp3) is 0.462. The molecule has 0 radical (unpaired) electrons. The average molecular weight is 202 g/mol. The highest BCUT2D eigenvalue weighted by Crippen LogP contribution is 2.52. The highest BCUT2D eigenvalue weighted by Gasteiger charge is 2.53. The lowest BCUT2D eigenvalue weighted by atomic mass is 9.90. The monoisotopic (exact) mass is 202 g/mol. The third-order valence-electron chi connectivity index (χ3n) is 3.49. The maximum Gasteiger partial charge on any atom is 0.176 e. The number of carbonyl (C=O) groups excluding carboxylic acids is 1. The molecule has 1 aliphatic carbocycles. The topological polar surface area (TPSA) is 26.3 Å². The van der Waals surface area contributed by atoms with Gasteiger partial charge in [-0.3, -0.25) is 4.79 Å². The maximum absolute atomic E-state index is 12.2. The largest absolute Gasteiger partial charge is 0.491 e. The summed E-state index contributed by atoms with van der Waals surface area (Å²) < 4.78 is 5.74. The van der Waals surface area contributed by atoms with Crippen molar-refractivity contribution in [3.63, 3.8) is 0 Å². The van der Waals surface area contributed by atoms with Crippen LogP contribution in [0.15, 0.2) is 12.1 Å². The summed E-state index contributed by atoms with van der Waals surface area (Å²) in [4.78, 5) is 12.2. The summed E-state index contributed by atoms with van der Waals surface area (Å²) >= 11 is 0. The second-order valence-electron chi connectivity index (χ2n) is 4.86. The standard InChI is InChI=1S/C13H14O2/c1-8-5-9(2)11-10(6-8)12(14)13(3-4-13)7-15-11/h5-6H,3-4,7H2,1-2H3. The average Bonchev–Trinajstić information content (AvgIpc) is 2.94. The minimum absolute atomic E-state index is 0.146. The van der Waals surface area contributed by atoms with Gasteiger partial charge in [-0.15, -0.1) is 0 Å². The maximum atomic E-state index is 12.2. The van der Waals surface area contributed by atoms with Crippen molar-refractivity contribution in [3.8, 4) is 5.75 Å². The summed E-state index contributed by atoms with van der Waals surface area (Å²) in [5.41, 5.74) is 2.87. The third-order valence-corrected chi connectivity index (χ3v) is 3.49. The molecule has 0 unspecified atom stereocenters. The third kappa shape index (κ3) is 1.14. The first-order valence-electron chi connectivity index (χ1n) is 5.41. The molecule has 3 rings (SSSR count). The highest BCUT2D eigenvalue weighted by molar-refractivity contribution is 6.05. The van der Waals surface area contributed by atoms with E-state index < -0.39 is 0 Å². The van der Waals surface area contributed by atoms with Crippen molar-refractivity contribution >= 4 is 5.78 Å². The number of ketones is 1. The van der Waals surface area contributed by atoms with Crippen LogP contribution in [0.5, 0.6) is 5.75 Å². The highest BCUT2D eigenvalue weighted by atomic mass is 16.5. The zero-order valence-electron chi connectivity index (χ0n) is 9.09. The van der Waals surface area contributed by atoms with Crippen molar-refractivity contribution in [2.45, 2.75) is 26.7 Å². The molecule has 0 saturated heterocycles. The van der Waals surface area contributed by atoms with E-state index in [4.69, 9.17) is 4.74 Å². The first-order valence-corrected chi connectivity index (χ1v) is 5.41. The molecule has 0 aromatic heterocycles. The predicted molar refractivity (Wildman–Crippen MR) is 57.4 cm³/mol. The molecule has 2 heteroatoms. The van der Waals surface area contributed by atoms with Gasteiger partial charge in [-0.05, 0) is 43.9 Å². The lowest BCUT2D eigenvalue weighted by Crippen LogP contribution is -2.29. The summed E-state index contributed by atoms with van der Waals surface area (Å²) in [7, 11) is 0. The second kappa shape index (κ2) is 2.63. The zero-order valence-corrected chi connectivity index (χ0v) is 9.09. The SMILES string of the molecule is Cc1cc(C)c2c(c1)C(=O)C1(CC1)CO2. The number of carbonyl (C=O) groups is 1. The Morgan fingerprint density at radius 3 is 2.67 bits per heavy atom. The molecular weight excluding hydrogens is 188 g/mol. The van der Waals surface area contributed by atoms with E-state index in [-0.39, 0.29) is 5.41 Å². The van der Waals surface area contributed by atoms with Gasteiger partial charge < -0.3 is 4.74 Å². The van der Waals surface area contributed by atoms with Gasteiger partial charge in [-0.25, -0.2) is 0 Å². The number of rotatable bonds is 0. The summed E-state index contributed by atoms with van der Waals surface area (Å²) in [6, 6.07) is 4.03. The van der Waals surface area contributed by atoms with Gasteiger partial charge in [0.25, 0.3) is 0 Å². The molecule has 1 aromatic carbocycles. The van der Waals surface area contributed by atoms with E-state index >= 15 is 0 Å². The molecular formula is C13H14O2. The molecule has 0 atom stereocenters. The number of ether oxygens (including phenoxy) is 1. The fourth-order valence-electron chi connectivity index (χ4n) is 2.40. The Labute approximate surface area is 89.2 Å². The molecule has 1 aromatic rings. The van der Waals surface area contributed by atoms with Crippen LogP contribution in [0, 0.1) is 19.3 Å². The zero-order chi connectivity index (χ0) is 10.6. The Hall–Kier alpha value is -1.31. The number of hydrogen-bond acceptors (Lipinski definition) is 2. The lowest BCUT2D eigenvalue weighted by Gasteiger charge is -2.25. The molecule has 1 heterocycles. The minimum Gasteiger partial charge on any atom is -0.491 e. The van der Waals surface area contributed by atoms with Crippen molar-refractivity contribution in [2.75, 3.05) is 6.61 Å². The van der Waals surface area contributed by atoms with Gasteiger partial charge in [0.2, 0.25) is 0 Å². The van der Waals surface area contributed by atoms with Crippen LogP contribution in [0.2, 0.25) is 0 Å². The van der Waals surface area contributed by atoms with E-state index in [2.05, 4.69) is 6.07 Å². The van der Waals surface area contributed by atoms with E-state index in [9.17, 15) is 4.79 Å². The Balaban J connectivity index is 2.18. The number of aryl methyl sites for hydroxylation is 2. The van der Waals surface area contributed by atoms with Gasteiger partial charge in [0.1, 0.15) is 12.4 Å². The quantitative estimate of drug-likeness (QED) is 0.646. The van der Waals surface area contributed by atoms with E-state index in [0.717, 1.165) is 35.3 Å². The first-order chi connectivity index (χ1) is 7.12. The fourth-order valence-corrected chi connectivity index (χ4v) is 2.40. The van der Waals surface area contributed by atoms with Gasteiger partial charge in [0.05, 0.1) is 11.0 Å². The van der Waals surface area contributed by atoms with Crippen LogP contribution in [0.1, 0.15) is 34.3 Å². The van der Waals surface area contributed by atoms with E-state index in [1.807, 2.05) is 19.9 Å². The smallest absolute Gasteiger partial charge is 0.176 e.